The second-order valence-electron chi connectivity index (χ2n) is 4.32. The molecule has 0 amide bonds. The fourth-order valence-corrected chi connectivity index (χ4v) is 2.11. The molecule has 6 heteroatoms. The van der Waals surface area contributed by atoms with Crippen molar-refractivity contribution in [1.29, 1.82) is 0 Å². The van der Waals surface area contributed by atoms with E-state index in [1.165, 1.54) is 18.2 Å². The molecule has 1 aromatic rings. The van der Waals surface area contributed by atoms with Crippen molar-refractivity contribution in [3.63, 3.8) is 0 Å². The Balaban J connectivity index is 3.30. The predicted molar refractivity (Wildman–Crippen MR) is 71.3 cm³/mol. The monoisotopic (exact) mass is 286 g/mol. The van der Waals surface area contributed by atoms with E-state index in [0.29, 0.717) is 5.75 Å². The van der Waals surface area contributed by atoms with Crippen molar-refractivity contribution in [2.45, 2.75) is 31.8 Å². The van der Waals surface area contributed by atoms with Crippen LogP contribution in [0.15, 0.2) is 23.1 Å². The summed E-state index contributed by atoms with van der Waals surface area (Å²) < 4.78 is 33.4. The third-order valence-corrected chi connectivity index (χ3v) is 3.35. The number of sulfone groups is 1. The van der Waals surface area contributed by atoms with Gasteiger partial charge in [0.2, 0.25) is 0 Å². The highest BCUT2D eigenvalue weighted by atomic mass is 32.2. The molecule has 1 rings (SSSR count). The molecule has 0 aliphatic rings. The molecule has 5 nitrogen and oxygen atoms in total. The first-order chi connectivity index (χ1) is 8.75. The number of benzene rings is 1. The van der Waals surface area contributed by atoms with Crippen molar-refractivity contribution in [3.05, 3.63) is 23.8 Å². The first-order valence-electron chi connectivity index (χ1n) is 5.93. The number of ether oxygens (including phenoxy) is 2. The van der Waals surface area contributed by atoms with E-state index < -0.39 is 15.8 Å². The van der Waals surface area contributed by atoms with E-state index in [-0.39, 0.29) is 23.2 Å². The van der Waals surface area contributed by atoms with E-state index in [0.717, 1.165) is 6.26 Å². The van der Waals surface area contributed by atoms with Crippen LogP contribution in [-0.4, -0.2) is 33.4 Å². The molecule has 0 aliphatic heterocycles. The third-order valence-electron chi connectivity index (χ3n) is 2.24. The lowest BCUT2D eigenvalue weighted by molar-refractivity contribution is 0.0520. The van der Waals surface area contributed by atoms with Crippen LogP contribution in [0.5, 0.6) is 5.75 Å². The second kappa shape index (κ2) is 6.06. The summed E-state index contributed by atoms with van der Waals surface area (Å²) in [5.74, 6) is -0.274. The van der Waals surface area contributed by atoms with Gasteiger partial charge >= 0.3 is 5.97 Å². The minimum Gasteiger partial charge on any atom is -0.490 e. The minimum absolute atomic E-state index is 0.0617. The highest BCUT2D eigenvalue weighted by Gasteiger charge is 2.18. The van der Waals surface area contributed by atoms with Crippen molar-refractivity contribution in [1.82, 2.24) is 0 Å². The molecular formula is C13H18O5S. The van der Waals surface area contributed by atoms with Gasteiger partial charge < -0.3 is 9.47 Å². The van der Waals surface area contributed by atoms with Gasteiger partial charge in [-0.05, 0) is 39.0 Å². The fourth-order valence-electron chi connectivity index (χ4n) is 1.46. The Hall–Kier alpha value is -1.56. The molecule has 1 aromatic carbocycles. The van der Waals surface area contributed by atoms with Crippen molar-refractivity contribution < 1.29 is 22.7 Å². The Labute approximate surface area is 113 Å². The van der Waals surface area contributed by atoms with E-state index in [4.69, 9.17) is 9.47 Å². The Morgan fingerprint density at radius 1 is 1.32 bits per heavy atom. The molecule has 0 saturated heterocycles. The molecular weight excluding hydrogens is 268 g/mol. The summed E-state index contributed by atoms with van der Waals surface area (Å²) in [5.41, 5.74) is 0.124. The SMILES string of the molecule is CCOC(=O)c1cc(S(C)(=O)=O)ccc1OC(C)C. The van der Waals surface area contributed by atoms with Crippen molar-refractivity contribution in [3.8, 4) is 5.75 Å². The predicted octanol–water partition coefficient (Wildman–Crippen LogP) is 2.05. The molecule has 106 valence electrons. The van der Waals surface area contributed by atoms with Gasteiger partial charge in [-0.15, -0.1) is 0 Å². The van der Waals surface area contributed by atoms with E-state index >= 15 is 0 Å². The molecule has 19 heavy (non-hydrogen) atoms. The molecule has 0 radical (unpaired) electrons. The topological polar surface area (TPSA) is 69.7 Å². The van der Waals surface area contributed by atoms with Crippen LogP contribution in [0, 0.1) is 0 Å². The summed E-state index contributed by atoms with van der Waals surface area (Å²) in [6.07, 6.45) is 0.956. The Morgan fingerprint density at radius 2 is 1.95 bits per heavy atom. The third kappa shape index (κ3) is 4.24. The van der Waals surface area contributed by atoms with Crippen LogP contribution >= 0.6 is 0 Å². The molecule has 0 spiro atoms. The largest absolute Gasteiger partial charge is 0.490 e. The maximum absolute atomic E-state index is 11.8. The van der Waals surface area contributed by atoms with E-state index in [1.54, 1.807) is 6.92 Å². The molecule has 0 N–H and O–H groups in total. The Kier molecular flexibility index (Phi) is 4.94. The molecule has 0 aliphatic carbocycles. The van der Waals surface area contributed by atoms with E-state index in [2.05, 4.69) is 0 Å². The molecule has 0 atom stereocenters. The van der Waals surface area contributed by atoms with Crippen molar-refractivity contribution >= 4 is 15.8 Å². The molecule has 0 bridgehead atoms. The number of carbonyl (C=O) groups excluding carboxylic acids is 1. The lowest BCUT2D eigenvalue weighted by atomic mass is 10.2. The number of hydrogen-bond acceptors (Lipinski definition) is 5. The highest BCUT2D eigenvalue weighted by molar-refractivity contribution is 7.90. The summed E-state index contributed by atoms with van der Waals surface area (Å²) in [5, 5.41) is 0. The van der Waals surface area contributed by atoms with Crippen LogP contribution in [0.1, 0.15) is 31.1 Å². The average Bonchev–Trinajstić information content (AvgIpc) is 2.27. The molecule has 0 saturated carbocycles. The molecule has 0 fully saturated rings. The normalized spacial score (nSPS) is 11.4. The van der Waals surface area contributed by atoms with Gasteiger partial charge in [-0.3, -0.25) is 0 Å². The van der Waals surface area contributed by atoms with Gasteiger partial charge in [-0.2, -0.15) is 0 Å². The van der Waals surface area contributed by atoms with Crippen LogP contribution < -0.4 is 4.74 Å². The quantitative estimate of drug-likeness (QED) is 0.775. The zero-order valence-electron chi connectivity index (χ0n) is 11.5. The van der Waals surface area contributed by atoms with E-state index in [1.807, 2.05) is 13.8 Å². The van der Waals surface area contributed by atoms with Crippen LogP contribution in [0.3, 0.4) is 0 Å². The lowest BCUT2D eigenvalue weighted by Crippen LogP contribution is -2.13. The first-order valence-corrected chi connectivity index (χ1v) is 7.82. The molecule has 0 heterocycles. The molecule has 0 aromatic heterocycles. The van der Waals surface area contributed by atoms with Crippen LogP contribution in [-0.2, 0) is 14.6 Å². The smallest absolute Gasteiger partial charge is 0.341 e. The summed E-state index contributed by atoms with van der Waals surface area (Å²) >= 11 is 0. The van der Waals surface area contributed by atoms with E-state index in [9.17, 15) is 13.2 Å². The zero-order valence-corrected chi connectivity index (χ0v) is 12.3. The fraction of sp³-hybridized carbons (Fsp3) is 0.462. The van der Waals surface area contributed by atoms with Gasteiger partial charge in [0, 0.05) is 6.26 Å². The minimum atomic E-state index is -3.38. The average molecular weight is 286 g/mol. The van der Waals surface area contributed by atoms with Gasteiger partial charge in [0.25, 0.3) is 0 Å². The highest BCUT2D eigenvalue weighted by Crippen LogP contribution is 2.24. The van der Waals surface area contributed by atoms with Crippen molar-refractivity contribution in [2.75, 3.05) is 12.9 Å². The van der Waals surface area contributed by atoms with Gasteiger partial charge in [-0.1, -0.05) is 0 Å². The maximum atomic E-state index is 11.8. The standard InChI is InChI=1S/C13H18O5S/c1-5-17-13(14)11-8-10(19(4,15)16)6-7-12(11)18-9(2)3/h6-9H,5H2,1-4H3. The van der Waals surface area contributed by atoms with Gasteiger partial charge in [0.15, 0.2) is 9.84 Å². The van der Waals surface area contributed by atoms with Crippen molar-refractivity contribution in [2.24, 2.45) is 0 Å². The van der Waals surface area contributed by atoms with Gasteiger partial charge in [0.1, 0.15) is 11.3 Å². The van der Waals surface area contributed by atoms with Crippen LogP contribution in [0.4, 0.5) is 0 Å². The van der Waals surface area contributed by atoms with Gasteiger partial charge in [0.05, 0.1) is 17.6 Å². The van der Waals surface area contributed by atoms with Crippen LogP contribution in [0.25, 0.3) is 0 Å². The summed E-state index contributed by atoms with van der Waals surface area (Å²) in [4.78, 5) is 11.9. The van der Waals surface area contributed by atoms with Gasteiger partial charge in [-0.25, -0.2) is 13.2 Å². The number of carbonyl (C=O) groups is 1. The van der Waals surface area contributed by atoms with Crippen LogP contribution in [0.2, 0.25) is 0 Å². The molecule has 0 unspecified atom stereocenters. The number of rotatable bonds is 5. The number of hydrogen-bond donors (Lipinski definition) is 0. The Morgan fingerprint density at radius 3 is 2.42 bits per heavy atom. The summed E-state index contributed by atoms with van der Waals surface area (Å²) in [7, 11) is -3.38. The first kappa shape index (κ1) is 15.5. The Bertz CT molecular complexity index is 560. The zero-order chi connectivity index (χ0) is 14.6. The maximum Gasteiger partial charge on any atom is 0.341 e. The second-order valence-corrected chi connectivity index (χ2v) is 6.33. The lowest BCUT2D eigenvalue weighted by Gasteiger charge is -2.14. The number of esters is 1. The summed E-state index contributed by atoms with van der Waals surface area (Å²) in [6, 6.07) is 4.17. The summed E-state index contributed by atoms with van der Waals surface area (Å²) in [6.45, 7) is 5.53.